The maximum Gasteiger partial charge on any atom is 0.433 e. The van der Waals surface area contributed by atoms with Crippen LogP contribution in [0.1, 0.15) is 11.3 Å². The van der Waals surface area contributed by atoms with E-state index in [0.29, 0.717) is 12.1 Å². The molecule has 1 saturated heterocycles. The molecule has 1 aliphatic rings. The summed E-state index contributed by atoms with van der Waals surface area (Å²) in [5.41, 5.74) is -0.211. The van der Waals surface area contributed by atoms with Gasteiger partial charge in [0.2, 0.25) is 0 Å². The van der Waals surface area contributed by atoms with Gasteiger partial charge in [0.25, 0.3) is 0 Å². The van der Waals surface area contributed by atoms with Crippen molar-refractivity contribution in [2.45, 2.75) is 12.7 Å². The lowest BCUT2D eigenvalue weighted by Crippen LogP contribution is -2.46. The molecular weight excluding hydrogens is 363 g/mol. The molecule has 3 aromatic rings. The van der Waals surface area contributed by atoms with E-state index < -0.39 is 11.9 Å². The summed E-state index contributed by atoms with van der Waals surface area (Å²) in [5.74, 6) is 0.930. The van der Waals surface area contributed by atoms with Gasteiger partial charge in [0.1, 0.15) is 22.7 Å². The van der Waals surface area contributed by atoms with E-state index in [1.54, 1.807) is 23.7 Å². The van der Waals surface area contributed by atoms with Gasteiger partial charge >= 0.3 is 6.18 Å². The average Bonchev–Trinajstić information content (AvgIpc) is 3.11. The maximum absolute atomic E-state index is 12.8. The van der Waals surface area contributed by atoms with Crippen LogP contribution in [0.25, 0.3) is 10.2 Å². The van der Waals surface area contributed by atoms with Gasteiger partial charge in [0.05, 0.1) is 5.39 Å². The molecule has 0 radical (unpaired) electrons. The maximum atomic E-state index is 12.8. The highest BCUT2D eigenvalue weighted by Gasteiger charge is 2.32. The molecule has 4 heterocycles. The first-order chi connectivity index (χ1) is 12.5. The summed E-state index contributed by atoms with van der Waals surface area (Å²) in [7, 11) is 0. The van der Waals surface area contributed by atoms with Gasteiger partial charge in [-0.3, -0.25) is 9.88 Å². The fourth-order valence-electron chi connectivity index (χ4n) is 3.13. The van der Waals surface area contributed by atoms with Crippen molar-refractivity contribution < 1.29 is 13.2 Å². The van der Waals surface area contributed by atoms with Crippen molar-refractivity contribution in [3.8, 4) is 0 Å². The third-order valence-electron chi connectivity index (χ3n) is 4.43. The monoisotopic (exact) mass is 379 g/mol. The lowest BCUT2D eigenvalue weighted by Gasteiger charge is -2.35. The average molecular weight is 379 g/mol. The second-order valence-electron chi connectivity index (χ2n) is 6.15. The van der Waals surface area contributed by atoms with E-state index in [2.05, 4.69) is 24.8 Å². The van der Waals surface area contributed by atoms with Gasteiger partial charge in [-0.1, -0.05) is 0 Å². The Kier molecular flexibility index (Phi) is 4.49. The third kappa shape index (κ3) is 3.49. The van der Waals surface area contributed by atoms with E-state index in [0.717, 1.165) is 48.3 Å². The fraction of sp³-hybridized carbons (Fsp3) is 0.353. The SMILES string of the molecule is FC(F)(F)c1cc(CN2CCN(c3ncnc4sccc34)CC2)ccn1. The zero-order valence-electron chi connectivity index (χ0n) is 13.8. The summed E-state index contributed by atoms with van der Waals surface area (Å²) in [6.07, 6.45) is -1.60. The number of fused-ring (bicyclic) bond motifs is 1. The van der Waals surface area contributed by atoms with Crippen LogP contribution in [0.5, 0.6) is 0 Å². The number of aromatic nitrogens is 3. The second-order valence-corrected chi connectivity index (χ2v) is 7.04. The molecule has 26 heavy (non-hydrogen) atoms. The van der Waals surface area contributed by atoms with Crippen LogP contribution in [0, 0.1) is 0 Å². The summed E-state index contributed by atoms with van der Waals surface area (Å²) in [4.78, 5) is 17.4. The van der Waals surface area contributed by atoms with Gasteiger partial charge in [-0.2, -0.15) is 13.2 Å². The minimum atomic E-state index is -4.41. The predicted octanol–water partition coefficient (Wildman–Crippen LogP) is 3.43. The van der Waals surface area contributed by atoms with Crippen LogP contribution in [-0.4, -0.2) is 46.0 Å². The minimum absolute atomic E-state index is 0.483. The lowest BCUT2D eigenvalue weighted by molar-refractivity contribution is -0.141. The first-order valence-electron chi connectivity index (χ1n) is 8.18. The molecule has 3 aromatic heterocycles. The number of alkyl halides is 3. The van der Waals surface area contributed by atoms with Crippen LogP contribution < -0.4 is 4.90 Å². The molecule has 0 atom stereocenters. The molecule has 0 amide bonds. The fourth-order valence-corrected chi connectivity index (χ4v) is 3.86. The highest BCUT2D eigenvalue weighted by atomic mass is 32.1. The van der Waals surface area contributed by atoms with Gasteiger partial charge in [-0.05, 0) is 29.1 Å². The van der Waals surface area contributed by atoms with Crippen LogP contribution in [0.4, 0.5) is 19.0 Å². The zero-order valence-corrected chi connectivity index (χ0v) is 14.6. The zero-order chi connectivity index (χ0) is 18.1. The Bertz CT molecular complexity index is 903. The van der Waals surface area contributed by atoms with Crippen LogP contribution in [0.3, 0.4) is 0 Å². The van der Waals surface area contributed by atoms with E-state index in [1.165, 1.54) is 6.20 Å². The number of anilines is 1. The topological polar surface area (TPSA) is 45.2 Å². The van der Waals surface area contributed by atoms with Crippen molar-refractivity contribution >= 4 is 27.4 Å². The van der Waals surface area contributed by atoms with Crippen LogP contribution in [0.2, 0.25) is 0 Å². The smallest absolute Gasteiger partial charge is 0.353 e. The molecule has 0 saturated carbocycles. The van der Waals surface area contributed by atoms with Gasteiger partial charge in [-0.15, -0.1) is 11.3 Å². The number of rotatable bonds is 3. The van der Waals surface area contributed by atoms with Gasteiger partial charge in [0, 0.05) is 38.9 Å². The number of hydrogen-bond donors (Lipinski definition) is 0. The van der Waals surface area contributed by atoms with E-state index in [1.807, 2.05) is 11.4 Å². The number of nitrogens with zero attached hydrogens (tertiary/aromatic N) is 5. The van der Waals surface area contributed by atoms with Crippen molar-refractivity contribution in [3.63, 3.8) is 0 Å². The summed E-state index contributed by atoms with van der Waals surface area (Å²) in [5, 5.41) is 3.05. The standard InChI is InChI=1S/C17H16F3N5S/c18-17(19,20)14-9-12(1-3-21-14)10-24-4-6-25(7-5-24)15-13-2-8-26-16(13)23-11-22-15/h1-3,8-9,11H,4-7,10H2. The predicted molar refractivity (Wildman–Crippen MR) is 94.1 cm³/mol. The molecular formula is C17H16F3N5S. The van der Waals surface area contributed by atoms with Crippen LogP contribution >= 0.6 is 11.3 Å². The quantitative estimate of drug-likeness (QED) is 0.698. The van der Waals surface area contributed by atoms with E-state index >= 15 is 0 Å². The first kappa shape index (κ1) is 17.2. The Balaban J connectivity index is 1.42. The molecule has 4 rings (SSSR count). The van der Waals surface area contributed by atoms with E-state index in [9.17, 15) is 13.2 Å². The highest BCUT2D eigenvalue weighted by Crippen LogP contribution is 2.29. The molecule has 9 heteroatoms. The number of hydrogen-bond acceptors (Lipinski definition) is 6. The van der Waals surface area contributed by atoms with Crippen molar-refractivity contribution in [1.29, 1.82) is 0 Å². The van der Waals surface area contributed by atoms with Crippen molar-refractivity contribution in [2.24, 2.45) is 0 Å². The number of pyridine rings is 1. The van der Waals surface area contributed by atoms with Gasteiger partial charge < -0.3 is 4.90 Å². The first-order valence-corrected chi connectivity index (χ1v) is 9.06. The Morgan fingerprint density at radius 3 is 2.62 bits per heavy atom. The van der Waals surface area contributed by atoms with Crippen LogP contribution in [0.15, 0.2) is 36.1 Å². The Hall–Kier alpha value is -2.26. The van der Waals surface area contributed by atoms with E-state index in [4.69, 9.17) is 0 Å². The largest absolute Gasteiger partial charge is 0.433 e. The molecule has 0 aromatic carbocycles. The summed E-state index contributed by atoms with van der Waals surface area (Å²) in [6, 6.07) is 4.80. The Morgan fingerprint density at radius 2 is 1.85 bits per heavy atom. The Morgan fingerprint density at radius 1 is 1.04 bits per heavy atom. The number of thiophene rings is 1. The molecule has 0 N–H and O–H groups in total. The van der Waals surface area contributed by atoms with E-state index in [-0.39, 0.29) is 0 Å². The molecule has 0 aliphatic carbocycles. The minimum Gasteiger partial charge on any atom is -0.353 e. The van der Waals surface area contributed by atoms with Crippen molar-refractivity contribution in [3.05, 3.63) is 47.4 Å². The Labute approximate surface area is 152 Å². The normalized spacial score (nSPS) is 16.3. The summed E-state index contributed by atoms with van der Waals surface area (Å²) < 4.78 is 38.4. The van der Waals surface area contributed by atoms with Crippen molar-refractivity contribution in [2.75, 3.05) is 31.1 Å². The molecule has 1 aliphatic heterocycles. The molecule has 0 spiro atoms. The number of halogens is 3. The number of piperazine rings is 1. The molecule has 0 bridgehead atoms. The van der Waals surface area contributed by atoms with Gasteiger partial charge in [0.15, 0.2) is 0 Å². The molecule has 136 valence electrons. The highest BCUT2D eigenvalue weighted by molar-refractivity contribution is 7.16. The van der Waals surface area contributed by atoms with Gasteiger partial charge in [-0.25, -0.2) is 9.97 Å². The lowest BCUT2D eigenvalue weighted by atomic mass is 10.2. The molecule has 1 fully saturated rings. The third-order valence-corrected chi connectivity index (χ3v) is 5.25. The molecule has 5 nitrogen and oxygen atoms in total. The molecule has 0 unspecified atom stereocenters. The summed E-state index contributed by atoms with van der Waals surface area (Å²) >= 11 is 1.59. The second kappa shape index (κ2) is 6.81. The van der Waals surface area contributed by atoms with Crippen LogP contribution in [-0.2, 0) is 12.7 Å². The van der Waals surface area contributed by atoms with Crippen molar-refractivity contribution in [1.82, 2.24) is 19.9 Å². The summed E-state index contributed by atoms with van der Waals surface area (Å²) in [6.45, 7) is 3.56.